The van der Waals surface area contributed by atoms with Crippen molar-refractivity contribution in [3.05, 3.63) is 71.8 Å². The van der Waals surface area contributed by atoms with Gasteiger partial charge in [0.05, 0.1) is 6.26 Å². The number of anilines is 1. The molecule has 7 heteroatoms. The van der Waals surface area contributed by atoms with Crippen LogP contribution < -0.4 is 10.6 Å². The molecule has 132 valence electrons. The van der Waals surface area contributed by atoms with Gasteiger partial charge in [-0.15, -0.1) is 0 Å². The van der Waals surface area contributed by atoms with E-state index in [1.54, 1.807) is 36.4 Å². The van der Waals surface area contributed by atoms with E-state index >= 15 is 0 Å². The Morgan fingerprint density at radius 2 is 2.12 bits per heavy atom. The molecule has 0 spiro atoms. The van der Waals surface area contributed by atoms with Crippen LogP contribution in [-0.2, 0) is 9.59 Å². The van der Waals surface area contributed by atoms with Crippen molar-refractivity contribution in [1.82, 2.24) is 10.2 Å². The number of imide groups is 1. The summed E-state index contributed by atoms with van der Waals surface area (Å²) >= 11 is 0. The fourth-order valence-electron chi connectivity index (χ4n) is 2.42. The molecule has 1 aliphatic rings. The van der Waals surface area contributed by atoms with E-state index in [9.17, 15) is 14.4 Å². The van der Waals surface area contributed by atoms with Gasteiger partial charge < -0.3 is 15.1 Å². The molecule has 7 nitrogen and oxygen atoms in total. The zero-order chi connectivity index (χ0) is 18.5. The van der Waals surface area contributed by atoms with Gasteiger partial charge in [0.25, 0.3) is 5.91 Å². The molecule has 1 aromatic heterocycles. The zero-order valence-electron chi connectivity index (χ0n) is 14.1. The normalized spacial score (nSPS) is 15.7. The number of allylic oxidation sites excluding steroid dienone is 2. The minimum Gasteiger partial charge on any atom is -0.465 e. The second kappa shape index (κ2) is 7.52. The van der Waals surface area contributed by atoms with Crippen LogP contribution in [0.1, 0.15) is 11.3 Å². The van der Waals surface area contributed by atoms with Gasteiger partial charge in [-0.2, -0.15) is 0 Å². The number of hydrogen-bond donors (Lipinski definition) is 2. The molecule has 1 saturated heterocycles. The van der Waals surface area contributed by atoms with Crippen molar-refractivity contribution in [2.45, 2.75) is 6.92 Å². The largest absolute Gasteiger partial charge is 0.465 e. The van der Waals surface area contributed by atoms with Crippen molar-refractivity contribution in [2.24, 2.45) is 0 Å². The van der Waals surface area contributed by atoms with Crippen LogP contribution in [0.25, 0.3) is 6.08 Å². The van der Waals surface area contributed by atoms with Crippen molar-refractivity contribution in [3.8, 4) is 0 Å². The van der Waals surface area contributed by atoms with E-state index in [0.717, 1.165) is 10.5 Å². The summed E-state index contributed by atoms with van der Waals surface area (Å²) in [6.07, 6.45) is 6.23. The van der Waals surface area contributed by atoms with Crippen molar-refractivity contribution >= 4 is 29.6 Å². The molecule has 2 aromatic rings. The summed E-state index contributed by atoms with van der Waals surface area (Å²) in [5.74, 6) is -0.391. The summed E-state index contributed by atoms with van der Waals surface area (Å²) in [5, 5.41) is 5.12. The van der Waals surface area contributed by atoms with Gasteiger partial charge in [-0.1, -0.05) is 18.2 Å². The summed E-state index contributed by atoms with van der Waals surface area (Å²) < 4.78 is 5.13. The van der Waals surface area contributed by atoms with E-state index in [1.807, 2.05) is 19.1 Å². The van der Waals surface area contributed by atoms with Crippen molar-refractivity contribution in [3.63, 3.8) is 0 Å². The topological polar surface area (TPSA) is 91.7 Å². The van der Waals surface area contributed by atoms with Gasteiger partial charge in [0.1, 0.15) is 18.0 Å². The molecule has 4 amide bonds. The van der Waals surface area contributed by atoms with Crippen LogP contribution in [0.15, 0.2) is 64.9 Å². The molecule has 0 saturated carbocycles. The van der Waals surface area contributed by atoms with Crippen LogP contribution >= 0.6 is 0 Å². The molecular weight excluding hydrogens is 334 g/mol. The number of hydrogen-bond acceptors (Lipinski definition) is 4. The fourth-order valence-corrected chi connectivity index (χ4v) is 2.42. The average molecular weight is 351 g/mol. The first-order chi connectivity index (χ1) is 12.5. The second-order valence-electron chi connectivity index (χ2n) is 5.69. The van der Waals surface area contributed by atoms with Crippen LogP contribution in [0.5, 0.6) is 0 Å². The summed E-state index contributed by atoms with van der Waals surface area (Å²) in [4.78, 5) is 37.2. The highest BCUT2D eigenvalue weighted by Gasteiger charge is 2.34. The molecule has 1 fully saturated rings. The zero-order valence-corrected chi connectivity index (χ0v) is 14.1. The lowest BCUT2D eigenvalue weighted by molar-refractivity contribution is -0.127. The lowest BCUT2D eigenvalue weighted by Crippen LogP contribution is -2.38. The van der Waals surface area contributed by atoms with E-state index < -0.39 is 17.8 Å². The van der Waals surface area contributed by atoms with Gasteiger partial charge in [-0.05, 0) is 48.9 Å². The van der Waals surface area contributed by atoms with E-state index in [-0.39, 0.29) is 12.2 Å². The van der Waals surface area contributed by atoms with E-state index in [0.29, 0.717) is 11.4 Å². The van der Waals surface area contributed by atoms with Gasteiger partial charge >= 0.3 is 6.03 Å². The number of carbonyl (C=O) groups is 3. The Morgan fingerprint density at radius 1 is 1.27 bits per heavy atom. The molecule has 1 aromatic carbocycles. The van der Waals surface area contributed by atoms with E-state index in [1.165, 1.54) is 12.3 Å². The molecule has 0 atom stereocenters. The molecular formula is C19H17N3O4. The molecule has 0 unspecified atom stereocenters. The molecule has 3 rings (SSSR count). The Bertz CT molecular complexity index is 897. The minimum atomic E-state index is -0.632. The van der Waals surface area contributed by atoms with E-state index in [4.69, 9.17) is 4.42 Å². The summed E-state index contributed by atoms with van der Waals surface area (Å²) in [6.45, 7) is 1.54. The van der Waals surface area contributed by atoms with Crippen LogP contribution in [0.3, 0.4) is 0 Å². The van der Waals surface area contributed by atoms with Gasteiger partial charge in [0, 0.05) is 5.69 Å². The predicted molar refractivity (Wildman–Crippen MR) is 95.9 cm³/mol. The maximum atomic E-state index is 12.3. The SMILES string of the molecule is Cc1cccc(NC(=O)CN2C(=O)N/C(=C/C=C/c3ccco3)C2=O)c1. The number of nitrogens with one attached hydrogen (secondary N) is 2. The Morgan fingerprint density at radius 3 is 2.85 bits per heavy atom. The quantitative estimate of drug-likeness (QED) is 0.640. The van der Waals surface area contributed by atoms with Crippen LogP contribution in [0, 0.1) is 6.92 Å². The Kier molecular flexibility index (Phi) is 4.98. The maximum absolute atomic E-state index is 12.3. The average Bonchev–Trinajstić information content (AvgIpc) is 3.19. The smallest absolute Gasteiger partial charge is 0.329 e. The number of rotatable bonds is 5. The third-order valence-electron chi connectivity index (χ3n) is 3.63. The van der Waals surface area contributed by atoms with Gasteiger partial charge in [-0.25, -0.2) is 9.69 Å². The fraction of sp³-hybridized carbons (Fsp3) is 0.105. The minimum absolute atomic E-state index is 0.0983. The molecule has 1 aliphatic heterocycles. The standard InChI is InChI=1S/C19H17N3O4/c1-13-5-2-6-14(11-13)20-17(23)12-22-18(24)16(21-19(22)25)9-3-7-15-8-4-10-26-15/h2-11H,12H2,1H3,(H,20,23)(H,21,25)/b7-3+,16-9+. The third-order valence-corrected chi connectivity index (χ3v) is 3.63. The third kappa shape index (κ3) is 4.07. The number of urea groups is 1. The molecule has 0 radical (unpaired) electrons. The van der Waals surface area contributed by atoms with E-state index in [2.05, 4.69) is 10.6 Å². The van der Waals surface area contributed by atoms with Crippen LogP contribution in [0.4, 0.5) is 10.5 Å². The monoisotopic (exact) mass is 351 g/mol. The molecule has 2 heterocycles. The first-order valence-electron chi connectivity index (χ1n) is 7.94. The van der Waals surface area contributed by atoms with Crippen molar-refractivity contribution < 1.29 is 18.8 Å². The Labute approximate surface area is 150 Å². The molecule has 0 bridgehead atoms. The summed E-state index contributed by atoms with van der Waals surface area (Å²) in [6, 6.07) is 10.1. The van der Waals surface area contributed by atoms with Gasteiger partial charge in [0.2, 0.25) is 5.91 Å². The van der Waals surface area contributed by atoms with Crippen LogP contribution in [-0.4, -0.2) is 29.3 Å². The Hall–Kier alpha value is -3.61. The summed E-state index contributed by atoms with van der Waals surface area (Å²) in [5.41, 5.74) is 1.70. The number of amides is 4. The number of nitrogens with zero attached hydrogens (tertiary/aromatic N) is 1. The highest BCUT2D eigenvalue weighted by atomic mass is 16.3. The number of furan rings is 1. The van der Waals surface area contributed by atoms with Gasteiger partial charge in [0.15, 0.2) is 0 Å². The summed E-state index contributed by atoms with van der Waals surface area (Å²) in [7, 11) is 0. The maximum Gasteiger partial charge on any atom is 0.329 e. The van der Waals surface area contributed by atoms with Crippen LogP contribution in [0.2, 0.25) is 0 Å². The molecule has 0 aliphatic carbocycles. The lowest BCUT2D eigenvalue weighted by atomic mass is 10.2. The Balaban J connectivity index is 1.62. The number of benzene rings is 1. The number of aryl methyl sites for hydroxylation is 1. The first-order valence-corrected chi connectivity index (χ1v) is 7.94. The highest BCUT2D eigenvalue weighted by Crippen LogP contribution is 2.13. The van der Waals surface area contributed by atoms with Crippen molar-refractivity contribution in [1.29, 1.82) is 0 Å². The second-order valence-corrected chi connectivity index (χ2v) is 5.69. The first kappa shape index (κ1) is 17.2. The van der Waals surface area contributed by atoms with Crippen molar-refractivity contribution in [2.75, 3.05) is 11.9 Å². The molecule has 2 N–H and O–H groups in total. The highest BCUT2D eigenvalue weighted by molar-refractivity contribution is 6.14. The van der Waals surface area contributed by atoms with Gasteiger partial charge in [-0.3, -0.25) is 9.59 Å². The lowest BCUT2D eigenvalue weighted by Gasteiger charge is -2.12. The predicted octanol–water partition coefficient (Wildman–Crippen LogP) is 2.68. The molecule has 26 heavy (non-hydrogen) atoms. The number of carbonyl (C=O) groups excluding carboxylic acids is 3.